The molecule has 1 unspecified atom stereocenters. The van der Waals surface area contributed by atoms with Crippen molar-refractivity contribution in [3.63, 3.8) is 0 Å². The molecule has 1 aromatic heterocycles. The Bertz CT molecular complexity index is 350. The number of fused-ring (bicyclic) bond motifs is 1. The van der Waals surface area contributed by atoms with E-state index in [2.05, 4.69) is 16.7 Å². The van der Waals surface area contributed by atoms with Gasteiger partial charge < -0.3 is 0 Å². The minimum Gasteiger partial charge on any atom is -0.250 e. The van der Waals surface area contributed by atoms with Gasteiger partial charge in [-0.3, -0.25) is 0 Å². The normalized spacial score (nSPS) is 26.9. The topological polar surface area (TPSA) is 30.7 Å². The molecule has 0 bridgehead atoms. The molecule has 0 aromatic carbocycles. The van der Waals surface area contributed by atoms with Gasteiger partial charge in [0.1, 0.15) is 5.82 Å². The maximum atomic E-state index is 4.74. The van der Waals surface area contributed by atoms with Gasteiger partial charge in [0, 0.05) is 18.9 Å². The van der Waals surface area contributed by atoms with E-state index in [0.717, 1.165) is 24.7 Å². The number of aryl methyl sites for hydroxylation is 1. The molecule has 3 heteroatoms. The van der Waals surface area contributed by atoms with Crippen LogP contribution in [0.25, 0.3) is 0 Å². The summed E-state index contributed by atoms with van der Waals surface area (Å²) in [6.45, 7) is 3.39. The van der Waals surface area contributed by atoms with Crippen LogP contribution in [0, 0.1) is 5.92 Å². The first kappa shape index (κ1) is 9.37. The highest BCUT2D eigenvalue weighted by molar-refractivity contribution is 5.03. The highest BCUT2D eigenvalue weighted by Crippen LogP contribution is 2.33. The molecular formula is C12H19N3. The van der Waals surface area contributed by atoms with Crippen LogP contribution in [0.15, 0.2) is 0 Å². The van der Waals surface area contributed by atoms with Crippen molar-refractivity contribution >= 4 is 0 Å². The third-order valence-electron chi connectivity index (χ3n) is 3.85. The maximum absolute atomic E-state index is 4.74. The highest BCUT2D eigenvalue weighted by Gasteiger charge is 2.25. The summed E-state index contributed by atoms with van der Waals surface area (Å²) < 4.78 is 2.15. The lowest BCUT2D eigenvalue weighted by Crippen LogP contribution is -2.18. The SMILES string of the molecule is CC1CCn2nc(C3CCCC3)nc2C1. The zero-order valence-electron chi connectivity index (χ0n) is 9.45. The molecule has 1 saturated carbocycles. The predicted molar refractivity (Wildman–Crippen MR) is 58.7 cm³/mol. The fourth-order valence-electron chi connectivity index (χ4n) is 2.84. The minimum absolute atomic E-state index is 0.665. The monoisotopic (exact) mass is 205 g/mol. The molecule has 0 N–H and O–H groups in total. The first-order chi connectivity index (χ1) is 7.33. The Labute approximate surface area is 90.9 Å². The molecule has 1 aliphatic heterocycles. The van der Waals surface area contributed by atoms with Gasteiger partial charge in [0.05, 0.1) is 0 Å². The van der Waals surface area contributed by atoms with Crippen molar-refractivity contribution in [3.8, 4) is 0 Å². The molecule has 2 heterocycles. The van der Waals surface area contributed by atoms with Crippen molar-refractivity contribution < 1.29 is 0 Å². The van der Waals surface area contributed by atoms with Gasteiger partial charge in [0.25, 0.3) is 0 Å². The first-order valence-corrected chi connectivity index (χ1v) is 6.26. The van der Waals surface area contributed by atoms with Gasteiger partial charge in [0.2, 0.25) is 0 Å². The standard InChI is InChI=1S/C12H19N3/c1-9-6-7-15-11(8-9)13-12(14-15)10-4-2-3-5-10/h9-10H,2-8H2,1H3. The second kappa shape index (κ2) is 3.62. The summed E-state index contributed by atoms with van der Waals surface area (Å²) in [4.78, 5) is 4.74. The summed E-state index contributed by atoms with van der Waals surface area (Å²) >= 11 is 0. The second-order valence-electron chi connectivity index (χ2n) is 5.19. The molecule has 15 heavy (non-hydrogen) atoms. The van der Waals surface area contributed by atoms with E-state index in [-0.39, 0.29) is 0 Å². The second-order valence-corrected chi connectivity index (χ2v) is 5.19. The Morgan fingerprint density at radius 1 is 1.20 bits per heavy atom. The zero-order chi connectivity index (χ0) is 10.3. The van der Waals surface area contributed by atoms with E-state index in [1.54, 1.807) is 0 Å². The van der Waals surface area contributed by atoms with E-state index in [1.807, 2.05) is 0 Å². The van der Waals surface area contributed by atoms with Gasteiger partial charge in [0.15, 0.2) is 5.82 Å². The third-order valence-corrected chi connectivity index (χ3v) is 3.85. The summed E-state index contributed by atoms with van der Waals surface area (Å²) in [5, 5.41) is 4.67. The van der Waals surface area contributed by atoms with Crippen molar-refractivity contribution in [2.45, 2.75) is 57.9 Å². The Kier molecular flexibility index (Phi) is 2.26. The molecule has 0 radical (unpaired) electrons. The van der Waals surface area contributed by atoms with Gasteiger partial charge in [-0.15, -0.1) is 0 Å². The third kappa shape index (κ3) is 1.68. The van der Waals surface area contributed by atoms with Crippen LogP contribution >= 0.6 is 0 Å². The lowest BCUT2D eigenvalue weighted by atomic mass is 10.0. The van der Waals surface area contributed by atoms with E-state index in [9.17, 15) is 0 Å². The molecule has 2 aliphatic rings. The van der Waals surface area contributed by atoms with Crippen LogP contribution in [0.4, 0.5) is 0 Å². The lowest BCUT2D eigenvalue weighted by Gasteiger charge is -2.17. The molecule has 3 nitrogen and oxygen atoms in total. The molecule has 3 rings (SSSR count). The van der Waals surface area contributed by atoms with Crippen molar-refractivity contribution in [1.29, 1.82) is 0 Å². The van der Waals surface area contributed by atoms with Crippen molar-refractivity contribution in [1.82, 2.24) is 14.8 Å². The predicted octanol–water partition coefficient (Wildman–Crippen LogP) is 2.52. The van der Waals surface area contributed by atoms with Gasteiger partial charge in [-0.05, 0) is 25.2 Å². The summed E-state index contributed by atoms with van der Waals surface area (Å²) in [5.41, 5.74) is 0. The number of aromatic nitrogens is 3. The van der Waals surface area contributed by atoms with Crippen LogP contribution < -0.4 is 0 Å². The average molecular weight is 205 g/mol. The van der Waals surface area contributed by atoms with E-state index < -0.39 is 0 Å². The summed E-state index contributed by atoms with van der Waals surface area (Å²) in [6.07, 6.45) is 7.73. The molecule has 1 aliphatic carbocycles. The fraction of sp³-hybridized carbons (Fsp3) is 0.833. The molecule has 1 atom stereocenters. The molecule has 1 aromatic rings. The van der Waals surface area contributed by atoms with Crippen LogP contribution in [-0.2, 0) is 13.0 Å². The van der Waals surface area contributed by atoms with Crippen LogP contribution in [0.1, 0.15) is 56.6 Å². The van der Waals surface area contributed by atoms with Crippen molar-refractivity contribution in [3.05, 3.63) is 11.6 Å². The Balaban J connectivity index is 1.85. The minimum atomic E-state index is 0.665. The number of hydrogen-bond donors (Lipinski definition) is 0. The highest BCUT2D eigenvalue weighted by atomic mass is 15.4. The Hall–Kier alpha value is -0.860. The Morgan fingerprint density at radius 3 is 2.80 bits per heavy atom. The van der Waals surface area contributed by atoms with E-state index >= 15 is 0 Å². The number of nitrogens with zero attached hydrogens (tertiary/aromatic N) is 3. The van der Waals surface area contributed by atoms with Gasteiger partial charge in [-0.1, -0.05) is 19.8 Å². The maximum Gasteiger partial charge on any atom is 0.154 e. The van der Waals surface area contributed by atoms with E-state index in [4.69, 9.17) is 4.98 Å². The number of hydrogen-bond acceptors (Lipinski definition) is 2. The lowest BCUT2D eigenvalue weighted by molar-refractivity contribution is 0.385. The Morgan fingerprint density at radius 2 is 2.00 bits per heavy atom. The van der Waals surface area contributed by atoms with Crippen LogP contribution in [0.3, 0.4) is 0 Å². The molecule has 82 valence electrons. The molecule has 1 fully saturated rings. The molecular weight excluding hydrogens is 186 g/mol. The zero-order valence-corrected chi connectivity index (χ0v) is 9.45. The van der Waals surface area contributed by atoms with Gasteiger partial charge in [-0.2, -0.15) is 5.10 Å². The molecule has 0 spiro atoms. The van der Waals surface area contributed by atoms with Crippen LogP contribution in [0.5, 0.6) is 0 Å². The van der Waals surface area contributed by atoms with Crippen molar-refractivity contribution in [2.75, 3.05) is 0 Å². The average Bonchev–Trinajstić information content (AvgIpc) is 2.84. The van der Waals surface area contributed by atoms with Gasteiger partial charge in [-0.25, -0.2) is 9.67 Å². The summed E-state index contributed by atoms with van der Waals surface area (Å²) in [6, 6.07) is 0. The molecule has 0 amide bonds. The van der Waals surface area contributed by atoms with Crippen molar-refractivity contribution in [2.24, 2.45) is 5.92 Å². The summed E-state index contributed by atoms with van der Waals surface area (Å²) in [5.74, 6) is 3.82. The van der Waals surface area contributed by atoms with E-state index in [0.29, 0.717) is 5.92 Å². The quantitative estimate of drug-likeness (QED) is 0.705. The van der Waals surface area contributed by atoms with Crippen LogP contribution in [0.2, 0.25) is 0 Å². The molecule has 0 saturated heterocycles. The number of rotatable bonds is 1. The van der Waals surface area contributed by atoms with E-state index in [1.165, 1.54) is 37.9 Å². The first-order valence-electron chi connectivity index (χ1n) is 6.26. The largest absolute Gasteiger partial charge is 0.250 e. The summed E-state index contributed by atoms with van der Waals surface area (Å²) in [7, 11) is 0. The smallest absolute Gasteiger partial charge is 0.154 e. The van der Waals surface area contributed by atoms with Gasteiger partial charge >= 0.3 is 0 Å². The van der Waals surface area contributed by atoms with Crippen LogP contribution in [-0.4, -0.2) is 14.8 Å². The fourth-order valence-corrected chi connectivity index (χ4v) is 2.84.